The van der Waals surface area contributed by atoms with Crippen LogP contribution in [0.1, 0.15) is 55.9 Å². The predicted molar refractivity (Wildman–Crippen MR) is 128 cm³/mol. The molecule has 4 nitrogen and oxygen atoms in total. The first-order valence-corrected chi connectivity index (χ1v) is 11.1. The maximum absolute atomic E-state index is 13.8. The van der Waals surface area contributed by atoms with Crippen LogP contribution in [0.3, 0.4) is 0 Å². The Balaban J connectivity index is 2.01. The van der Waals surface area contributed by atoms with Gasteiger partial charge in [0, 0.05) is 41.6 Å². The first-order chi connectivity index (χ1) is 15.8. The van der Waals surface area contributed by atoms with Crippen LogP contribution in [-0.4, -0.2) is 10.6 Å². The van der Waals surface area contributed by atoms with Gasteiger partial charge < -0.3 is 9.47 Å². The Morgan fingerprint density at radius 2 is 2.00 bits per heavy atom. The SMILES string of the molecule is CC(C)c1c(C=CC#N)c(-c2ccc(F)cc2)c(OCc2cccnc2)c2c1CC(C)(C)O2. The molecule has 168 valence electrons. The Bertz CT molecular complexity index is 1220. The van der Waals surface area contributed by atoms with Gasteiger partial charge in [-0.25, -0.2) is 4.39 Å². The van der Waals surface area contributed by atoms with Gasteiger partial charge in [0.25, 0.3) is 0 Å². The van der Waals surface area contributed by atoms with Crippen molar-refractivity contribution >= 4 is 6.08 Å². The second-order valence-electron chi connectivity index (χ2n) is 9.15. The molecule has 4 rings (SSSR count). The lowest BCUT2D eigenvalue weighted by Gasteiger charge is -2.24. The summed E-state index contributed by atoms with van der Waals surface area (Å²) in [6.07, 6.45) is 7.53. The summed E-state index contributed by atoms with van der Waals surface area (Å²) in [5.74, 6) is 1.20. The zero-order valence-electron chi connectivity index (χ0n) is 19.4. The molecule has 33 heavy (non-hydrogen) atoms. The summed E-state index contributed by atoms with van der Waals surface area (Å²) in [5.41, 5.74) is 5.25. The molecule has 1 aliphatic rings. The van der Waals surface area contributed by atoms with E-state index in [1.165, 1.54) is 18.2 Å². The van der Waals surface area contributed by atoms with Gasteiger partial charge in [0.15, 0.2) is 11.5 Å². The van der Waals surface area contributed by atoms with E-state index in [4.69, 9.17) is 9.47 Å². The Morgan fingerprint density at radius 1 is 1.24 bits per heavy atom. The number of hydrogen-bond donors (Lipinski definition) is 0. The highest BCUT2D eigenvalue weighted by Gasteiger charge is 2.38. The molecule has 0 saturated carbocycles. The monoisotopic (exact) mass is 442 g/mol. The fourth-order valence-corrected chi connectivity index (χ4v) is 4.45. The molecule has 0 saturated heterocycles. The average molecular weight is 443 g/mol. The highest BCUT2D eigenvalue weighted by molar-refractivity contribution is 5.87. The lowest BCUT2D eigenvalue weighted by molar-refractivity contribution is 0.131. The van der Waals surface area contributed by atoms with Crippen molar-refractivity contribution in [1.82, 2.24) is 4.98 Å². The number of allylic oxidation sites excluding steroid dienone is 1. The summed E-state index contributed by atoms with van der Waals surface area (Å²) in [7, 11) is 0. The molecule has 0 aliphatic carbocycles. The normalized spacial score (nSPS) is 14.2. The van der Waals surface area contributed by atoms with Crippen molar-refractivity contribution < 1.29 is 13.9 Å². The Hall–Kier alpha value is -3.65. The molecular weight excluding hydrogens is 415 g/mol. The molecule has 0 N–H and O–H groups in total. The van der Waals surface area contributed by atoms with Crippen molar-refractivity contribution in [2.45, 2.75) is 52.2 Å². The zero-order chi connectivity index (χ0) is 23.6. The maximum Gasteiger partial charge on any atom is 0.170 e. The molecule has 0 spiro atoms. The molecular formula is C28H27FN2O2. The number of ether oxygens (including phenoxy) is 2. The van der Waals surface area contributed by atoms with Gasteiger partial charge in [-0.2, -0.15) is 5.26 Å². The van der Waals surface area contributed by atoms with Gasteiger partial charge in [0.1, 0.15) is 18.0 Å². The summed E-state index contributed by atoms with van der Waals surface area (Å²) in [6.45, 7) is 8.69. The number of rotatable bonds is 6. The molecule has 0 bridgehead atoms. The van der Waals surface area contributed by atoms with E-state index in [1.807, 2.05) is 18.2 Å². The van der Waals surface area contributed by atoms with Crippen LogP contribution >= 0.6 is 0 Å². The molecule has 0 fully saturated rings. The van der Waals surface area contributed by atoms with Crippen LogP contribution in [0.25, 0.3) is 17.2 Å². The Labute approximate surface area is 194 Å². The van der Waals surface area contributed by atoms with E-state index in [0.29, 0.717) is 12.4 Å². The third-order valence-electron chi connectivity index (χ3n) is 5.71. The third-order valence-corrected chi connectivity index (χ3v) is 5.71. The summed E-state index contributed by atoms with van der Waals surface area (Å²) in [6, 6.07) is 12.3. The van der Waals surface area contributed by atoms with E-state index < -0.39 is 5.60 Å². The minimum Gasteiger partial charge on any atom is -0.484 e. The van der Waals surface area contributed by atoms with Crippen LogP contribution in [-0.2, 0) is 13.0 Å². The predicted octanol–water partition coefficient (Wildman–Crippen LogP) is 6.84. The minimum atomic E-state index is -0.393. The first kappa shape index (κ1) is 22.5. The van der Waals surface area contributed by atoms with Crippen molar-refractivity contribution in [3.05, 3.63) is 82.9 Å². The van der Waals surface area contributed by atoms with E-state index in [2.05, 4.69) is 38.7 Å². The number of benzene rings is 2. The lowest BCUT2D eigenvalue weighted by Crippen LogP contribution is -2.25. The van der Waals surface area contributed by atoms with E-state index in [9.17, 15) is 9.65 Å². The van der Waals surface area contributed by atoms with E-state index >= 15 is 0 Å². The van der Waals surface area contributed by atoms with Crippen LogP contribution < -0.4 is 9.47 Å². The van der Waals surface area contributed by atoms with Gasteiger partial charge >= 0.3 is 0 Å². The van der Waals surface area contributed by atoms with Crippen LogP contribution in [0, 0.1) is 17.1 Å². The van der Waals surface area contributed by atoms with Crippen molar-refractivity contribution in [3.63, 3.8) is 0 Å². The van der Waals surface area contributed by atoms with E-state index in [1.54, 1.807) is 24.5 Å². The standard InChI is InChI=1S/C28H27FN2O2/c1-18(2)24-22(8-5-13-30)25(20-9-11-21(29)12-10-20)27(26-23(24)15-28(3,4)33-26)32-17-19-7-6-14-31-16-19/h5-12,14,16,18H,15,17H2,1-4H3. The molecule has 2 heterocycles. The zero-order valence-corrected chi connectivity index (χ0v) is 19.4. The topological polar surface area (TPSA) is 55.1 Å². The van der Waals surface area contributed by atoms with Crippen LogP contribution in [0.2, 0.25) is 0 Å². The molecule has 0 unspecified atom stereocenters. The number of hydrogen-bond acceptors (Lipinski definition) is 4. The number of nitrogens with zero attached hydrogens (tertiary/aromatic N) is 2. The van der Waals surface area contributed by atoms with Gasteiger partial charge in [0.2, 0.25) is 0 Å². The fraction of sp³-hybridized carbons (Fsp3) is 0.286. The van der Waals surface area contributed by atoms with Crippen LogP contribution in [0.4, 0.5) is 4.39 Å². The number of pyridine rings is 1. The quantitative estimate of drug-likeness (QED) is 0.392. The second-order valence-corrected chi connectivity index (χ2v) is 9.15. The Morgan fingerprint density at radius 3 is 2.64 bits per heavy atom. The number of nitriles is 1. The van der Waals surface area contributed by atoms with Gasteiger partial charge in [-0.1, -0.05) is 32.0 Å². The maximum atomic E-state index is 13.8. The molecule has 5 heteroatoms. The summed E-state index contributed by atoms with van der Waals surface area (Å²) >= 11 is 0. The van der Waals surface area contributed by atoms with Crippen LogP contribution in [0.15, 0.2) is 54.9 Å². The summed E-state index contributed by atoms with van der Waals surface area (Å²) in [5, 5.41) is 9.30. The molecule has 0 atom stereocenters. The largest absolute Gasteiger partial charge is 0.484 e. The van der Waals surface area contributed by atoms with Crippen molar-refractivity contribution in [2.75, 3.05) is 0 Å². The van der Waals surface area contributed by atoms with Crippen molar-refractivity contribution in [1.29, 1.82) is 5.26 Å². The van der Waals surface area contributed by atoms with Gasteiger partial charge in [-0.3, -0.25) is 4.98 Å². The number of fused-ring (bicyclic) bond motifs is 1. The average Bonchev–Trinajstić information content (AvgIpc) is 3.11. The summed E-state index contributed by atoms with van der Waals surface area (Å²) < 4.78 is 26.7. The van der Waals surface area contributed by atoms with E-state index in [0.717, 1.165) is 45.6 Å². The molecule has 1 aliphatic heterocycles. The molecule has 3 aromatic rings. The first-order valence-electron chi connectivity index (χ1n) is 11.1. The van der Waals surface area contributed by atoms with Gasteiger partial charge in [-0.15, -0.1) is 0 Å². The van der Waals surface area contributed by atoms with Crippen molar-refractivity contribution in [3.8, 4) is 28.7 Å². The second kappa shape index (κ2) is 9.07. The molecule has 0 radical (unpaired) electrons. The number of aromatic nitrogens is 1. The van der Waals surface area contributed by atoms with Crippen LogP contribution in [0.5, 0.6) is 11.5 Å². The van der Waals surface area contributed by atoms with Crippen molar-refractivity contribution in [2.24, 2.45) is 0 Å². The third kappa shape index (κ3) is 4.61. The lowest BCUT2D eigenvalue weighted by atomic mass is 9.83. The Kier molecular flexibility index (Phi) is 6.20. The highest BCUT2D eigenvalue weighted by atomic mass is 19.1. The van der Waals surface area contributed by atoms with E-state index in [-0.39, 0.29) is 11.7 Å². The molecule has 2 aromatic carbocycles. The van der Waals surface area contributed by atoms with Gasteiger partial charge in [0.05, 0.1) is 6.07 Å². The molecule has 0 amide bonds. The molecule has 1 aromatic heterocycles. The minimum absolute atomic E-state index is 0.182. The van der Waals surface area contributed by atoms with Gasteiger partial charge in [-0.05, 0) is 60.7 Å². The fourth-order valence-electron chi connectivity index (χ4n) is 4.45. The summed E-state index contributed by atoms with van der Waals surface area (Å²) in [4.78, 5) is 4.18. The highest BCUT2D eigenvalue weighted by Crippen LogP contribution is 2.53. The number of halogens is 1. The smallest absolute Gasteiger partial charge is 0.170 e.